The predicted molar refractivity (Wildman–Crippen MR) is 108 cm³/mol. The lowest BCUT2D eigenvalue weighted by atomic mass is 10.1. The number of aromatic nitrogens is 2. The van der Waals surface area contributed by atoms with Crippen LogP contribution in [0.15, 0.2) is 59.9 Å². The Morgan fingerprint density at radius 3 is 2.86 bits per heavy atom. The maximum Gasteiger partial charge on any atom is 0.199 e. The van der Waals surface area contributed by atoms with E-state index in [0.717, 1.165) is 24.0 Å². The van der Waals surface area contributed by atoms with Crippen LogP contribution in [0.1, 0.15) is 24.0 Å². The molecule has 2 heterocycles. The van der Waals surface area contributed by atoms with Gasteiger partial charge in [-0.3, -0.25) is 4.98 Å². The molecule has 2 aromatic heterocycles. The van der Waals surface area contributed by atoms with Crippen LogP contribution >= 0.6 is 0 Å². The van der Waals surface area contributed by atoms with Crippen molar-refractivity contribution < 1.29 is 8.94 Å². The van der Waals surface area contributed by atoms with Gasteiger partial charge in [0.15, 0.2) is 4.90 Å². The van der Waals surface area contributed by atoms with Gasteiger partial charge in [0.2, 0.25) is 0 Å². The first-order valence-electron chi connectivity index (χ1n) is 9.15. The summed E-state index contributed by atoms with van der Waals surface area (Å²) in [6.07, 6.45) is 7.33. The molecule has 1 unspecified atom stereocenters. The van der Waals surface area contributed by atoms with Crippen molar-refractivity contribution in [2.24, 2.45) is 5.92 Å². The molecule has 0 radical (unpaired) electrons. The summed E-state index contributed by atoms with van der Waals surface area (Å²) in [5.74, 6) is 6.43. The summed E-state index contributed by atoms with van der Waals surface area (Å²) < 4.78 is 29.3. The Morgan fingerprint density at radius 2 is 2.11 bits per heavy atom. The van der Waals surface area contributed by atoms with Crippen LogP contribution in [0.2, 0.25) is 0 Å². The highest BCUT2D eigenvalue weighted by Crippen LogP contribution is 2.29. The van der Waals surface area contributed by atoms with E-state index in [-0.39, 0.29) is 5.82 Å². The van der Waals surface area contributed by atoms with Gasteiger partial charge in [0.05, 0.1) is 12.4 Å². The number of pyridine rings is 1. The summed E-state index contributed by atoms with van der Waals surface area (Å²) in [4.78, 5) is 4.73. The standard InChI is InChI=1S/C22H20FN3OS/c1-24-12-18-11-22(20-4-2-3-5-21(20)23)26(15-18)28(27)19-10-17(13-25-14-19)9-8-16-6-7-16/h2-5,10-11,13-16,24H,6-7,12H2,1H3. The number of rotatable bonds is 5. The van der Waals surface area contributed by atoms with Crippen LogP contribution in [0, 0.1) is 23.6 Å². The molecule has 0 amide bonds. The number of nitrogens with one attached hydrogen (secondary N) is 1. The van der Waals surface area contributed by atoms with Gasteiger partial charge >= 0.3 is 0 Å². The van der Waals surface area contributed by atoms with E-state index >= 15 is 0 Å². The molecule has 0 aliphatic heterocycles. The van der Waals surface area contributed by atoms with E-state index in [1.165, 1.54) is 6.07 Å². The number of benzene rings is 1. The van der Waals surface area contributed by atoms with Crippen LogP contribution in [0.3, 0.4) is 0 Å². The maximum absolute atomic E-state index is 14.4. The number of hydrogen-bond acceptors (Lipinski definition) is 3. The fourth-order valence-electron chi connectivity index (χ4n) is 2.91. The summed E-state index contributed by atoms with van der Waals surface area (Å²) in [7, 11) is 1.84. The smallest absolute Gasteiger partial charge is 0.199 e. The summed E-state index contributed by atoms with van der Waals surface area (Å²) >= 11 is -1.57. The molecule has 1 fully saturated rings. The minimum absolute atomic E-state index is 0.350. The molecule has 6 heteroatoms. The zero-order valence-corrected chi connectivity index (χ0v) is 16.3. The van der Waals surface area contributed by atoms with Gasteiger partial charge in [-0.05, 0) is 43.7 Å². The maximum atomic E-state index is 14.4. The van der Waals surface area contributed by atoms with Gasteiger partial charge in [-0.15, -0.1) is 0 Å². The number of halogens is 1. The Labute approximate surface area is 167 Å². The van der Waals surface area contributed by atoms with Gasteiger partial charge in [0.1, 0.15) is 22.9 Å². The van der Waals surface area contributed by atoms with Crippen LogP contribution in [0.25, 0.3) is 11.3 Å². The van der Waals surface area contributed by atoms with Crippen molar-refractivity contribution in [1.29, 1.82) is 0 Å². The van der Waals surface area contributed by atoms with Gasteiger partial charge in [0.25, 0.3) is 0 Å². The monoisotopic (exact) mass is 393 g/mol. The largest absolute Gasteiger partial charge is 0.587 e. The molecule has 1 saturated carbocycles. The average molecular weight is 393 g/mol. The van der Waals surface area contributed by atoms with Crippen molar-refractivity contribution in [3.63, 3.8) is 0 Å². The quantitative estimate of drug-likeness (QED) is 0.531. The second-order valence-electron chi connectivity index (χ2n) is 6.77. The first-order valence-corrected chi connectivity index (χ1v) is 10.3. The third-order valence-corrected chi connectivity index (χ3v) is 5.75. The Hall–Kier alpha value is -2.59. The molecule has 1 aliphatic carbocycles. The molecule has 0 spiro atoms. The van der Waals surface area contributed by atoms with Gasteiger partial charge in [0, 0.05) is 35.9 Å². The van der Waals surface area contributed by atoms with Gasteiger partial charge in [-0.25, -0.2) is 4.39 Å². The molecule has 1 atom stereocenters. The van der Waals surface area contributed by atoms with E-state index in [1.54, 1.807) is 46.8 Å². The summed E-state index contributed by atoms with van der Waals surface area (Å²) in [6.45, 7) is 0.594. The summed E-state index contributed by atoms with van der Waals surface area (Å²) in [6, 6.07) is 10.2. The third-order valence-electron chi connectivity index (χ3n) is 4.46. The van der Waals surface area contributed by atoms with Gasteiger partial charge in [-0.1, -0.05) is 24.0 Å². The minimum atomic E-state index is -1.57. The fourth-order valence-corrected chi connectivity index (χ4v) is 4.08. The van der Waals surface area contributed by atoms with E-state index in [2.05, 4.69) is 22.1 Å². The van der Waals surface area contributed by atoms with Crippen molar-refractivity contribution in [3.05, 3.63) is 71.9 Å². The Morgan fingerprint density at radius 1 is 1.29 bits per heavy atom. The highest BCUT2D eigenvalue weighted by atomic mass is 32.2. The van der Waals surface area contributed by atoms with E-state index in [0.29, 0.717) is 28.6 Å². The van der Waals surface area contributed by atoms with E-state index in [9.17, 15) is 8.94 Å². The SMILES string of the molecule is CNCc1cc(-c2ccccc2F)n([S+]([O-])c2cncc(C#CC3CC3)c2)c1. The highest BCUT2D eigenvalue weighted by molar-refractivity contribution is 7.90. The second kappa shape index (κ2) is 8.19. The van der Waals surface area contributed by atoms with E-state index < -0.39 is 11.4 Å². The van der Waals surface area contributed by atoms with E-state index in [4.69, 9.17) is 0 Å². The molecule has 0 saturated heterocycles. The molecular weight excluding hydrogens is 373 g/mol. The molecular formula is C22H20FN3OS. The highest BCUT2D eigenvalue weighted by Gasteiger charge is 2.23. The van der Waals surface area contributed by atoms with Gasteiger partial charge < -0.3 is 9.87 Å². The Kier molecular flexibility index (Phi) is 5.49. The average Bonchev–Trinajstić information content (AvgIpc) is 3.45. The van der Waals surface area contributed by atoms with Crippen LogP contribution in [-0.4, -0.2) is 20.6 Å². The van der Waals surface area contributed by atoms with Crippen molar-refractivity contribution in [1.82, 2.24) is 14.3 Å². The molecule has 4 rings (SSSR count). The molecule has 0 bridgehead atoms. The van der Waals surface area contributed by atoms with E-state index in [1.807, 2.05) is 13.1 Å². The Balaban J connectivity index is 1.73. The first kappa shape index (κ1) is 18.8. The molecule has 1 aromatic carbocycles. The van der Waals surface area contributed by atoms with Crippen molar-refractivity contribution in [2.45, 2.75) is 24.3 Å². The molecule has 3 aromatic rings. The Bertz CT molecular complexity index is 1050. The molecule has 28 heavy (non-hydrogen) atoms. The fraction of sp³-hybridized carbons (Fsp3) is 0.227. The van der Waals surface area contributed by atoms with Crippen molar-refractivity contribution >= 4 is 11.4 Å². The summed E-state index contributed by atoms with van der Waals surface area (Å²) in [5, 5.41) is 3.07. The molecule has 1 N–H and O–H groups in total. The lowest BCUT2D eigenvalue weighted by Crippen LogP contribution is -2.14. The second-order valence-corrected chi connectivity index (χ2v) is 8.13. The molecule has 4 nitrogen and oxygen atoms in total. The normalized spacial score (nSPS) is 14.4. The van der Waals surface area contributed by atoms with Crippen molar-refractivity contribution in [2.75, 3.05) is 7.05 Å². The zero-order chi connectivity index (χ0) is 19.5. The minimum Gasteiger partial charge on any atom is -0.587 e. The number of nitrogens with zero attached hydrogens (tertiary/aromatic N) is 2. The lowest BCUT2D eigenvalue weighted by molar-refractivity contribution is 0.586. The van der Waals surface area contributed by atoms with Crippen LogP contribution < -0.4 is 5.32 Å². The van der Waals surface area contributed by atoms with Crippen LogP contribution in [-0.2, 0) is 17.9 Å². The zero-order valence-electron chi connectivity index (χ0n) is 15.5. The van der Waals surface area contributed by atoms with Crippen molar-refractivity contribution in [3.8, 4) is 23.1 Å². The predicted octanol–water partition coefficient (Wildman–Crippen LogP) is 3.74. The van der Waals surface area contributed by atoms with Gasteiger partial charge in [-0.2, -0.15) is 3.97 Å². The van der Waals surface area contributed by atoms with Crippen LogP contribution in [0.4, 0.5) is 4.39 Å². The third kappa shape index (κ3) is 4.12. The topological polar surface area (TPSA) is 52.9 Å². The lowest BCUT2D eigenvalue weighted by Gasteiger charge is -2.13. The first-order chi connectivity index (χ1) is 13.7. The molecule has 142 valence electrons. The summed E-state index contributed by atoms with van der Waals surface area (Å²) in [5.41, 5.74) is 2.64. The molecule has 1 aliphatic rings. The van der Waals surface area contributed by atoms with Crippen LogP contribution in [0.5, 0.6) is 0 Å². The number of hydrogen-bond donors (Lipinski definition) is 1.